The maximum Gasteiger partial charge on any atom is 0.243 e. The highest BCUT2D eigenvalue weighted by atomic mass is 16.6. The standard InChI is InChI=1S/C20H14N2O3/c23-19-20(15-10-3-4-11-16(15)21-19)17(18(20)22(24)25)14-9-5-7-12-6-1-2-8-13(12)14/h1-11,17-18H,(H,21,23)/t17-,18-,20+/m0/s1. The molecule has 3 aromatic carbocycles. The average Bonchev–Trinajstić information content (AvgIpc) is 3.24. The fourth-order valence-corrected chi connectivity index (χ4v) is 4.50. The number of fused-ring (bicyclic) bond motifs is 3. The molecule has 3 atom stereocenters. The Bertz CT molecular complexity index is 1060. The van der Waals surface area contributed by atoms with Gasteiger partial charge in [-0.25, -0.2) is 0 Å². The van der Waals surface area contributed by atoms with Crippen LogP contribution in [0.15, 0.2) is 66.7 Å². The highest BCUT2D eigenvalue weighted by molar-refractivity contribution is 6.11. The molecule has 5 rings (SSSR count). The summed E-state index contributed by atoms with van der Waals surface area (Å²) < 4.78 is 0. The number of nitrogens with zero attached hydrogens (tertiary/aromatic N) is 1. The van der Waals surface area contributed by atoms with E-state index >= 15 is 0 Å². The van der Waals surface area contributed by atoms with Crippen LogP contribution >= 0.6 is 0 Å². The van der Waals surface area contributed by atoms with E-state index in [-0.39, 0.29) is 10.8 Å². The number of hydrogen-bond acceptors (Lipinski definition) is 3. The van der Waals surface area contributed by atoms with Crippen molar-refractivity contribution in [3.05, 3.63) is 88.0 Å². The number of nitrogens with one attached hydrogen (secondary N) is 1. The molecule has 1 amide bonds. The van der Waals surface area contributed by atoms with Gasteiger partial charge in [0.05, 0.1) is 5.92 Å². The van der Waals surface area contributed by atoms with Crippen LogP contribution in [0.3, 0.4) is 0 Å². The van der Waals surface area contributed by atoms with Gasteiger partial charge in [-0.15, -0.1) is 0 Å². The molecule has 0 bridgehead atoms. The van der Waals surface area contributed by atoms with Gasteiger partial charge in [-0.3, -0.25) is 14.9 Å². The zero-order chi connectivity index (χ0) is 17.2. The first-order valence-electron chi connectivity index (χ1n) is 8.18. The fraction of sp³-hybridized carbons (Fsp3) is 0.150. The molecule has 25 heavy (non-hydrogen) atoms. The highest BCUT2D eigenvalue weighted by Crippen LogP contribution is 2.66. The second-order valence-electron chi connectivity index (χ2n) is 6.64. The number of hydrogen-bond donors (Lipinski definition) is 1. The Balaban J connectivity index is 1.77. The Hall–Kier alpha value is -3.21. The number of para-hydroxylation sites is 1. The molecular weight excluding hydrogens is 316 g/mol. The monoisotopic (exact) mass is 330 g/mol. The van der Waals surface area contributed by atoms with Crippen LogP contribution in [0.25, 0.3) is 10.8 Å². The summed E-state index contributed by atoms with van der Waals surface area (Å²) in [5.74, 6) is -0.731. The maximum atomic E-state index is 12.8. The van der Waals surface area contributed by atoms with E-state index in [9.17, 15) is 14.9 Å². The Morgan fingerprint density at radius 1 is 0.960 bits per heavy atom. The summed E-state index contributed by atoms with van der Waals surface area (Å²) in [6, 6.07) is 20.0. The molecule has 1 heterocycles. The van der Waals surface area contributed by atoms with Crippen molar-refractivity contribution in [1.29, 1.82) is 0 Å². The van der Waals surface area contributed by atoms with Crippen LogP contribution in [-0.4, -0.2) is 16.9 Å². The average molecular weight is 330 g/mol. The molecule has 3 aromatic rings. The molecule has 2 aliphatic rings. The van der Waals surface area contributed by atoms with Crippen molar-refractivity contribution in [2.75, 3.05) is 5.32 Å². The van der Waals surface area contributed by atoms with Crippen molar-refractivity contribution >= 4 is 22.4 Å². The van der Waals surface area contributed by atoms with E-state index in [0.29, 0.717) is 5.69 Å². The minimum atomic E-state index is -1.11. The highest BCUT2D eigenvalue weighted by Gasteiger charge is 2.81. The van der Waals surface area contributed by atoms with Crippen LogP contribution in [0.5, 0.6) is 0 Å². The lowest BCUT2D eigenvalue weighted by molar-refractivity contribution is -0.499. The van der Waals surface area contributed by atoms with Gasteiger partial charge in [0.15, 0.2) is 5.41 Å². The SMILES string of the molecule is O=C1Nc2ccccc2[C@@]12[C@@H]([N+](=O)[O-])[C@@H]2c1cccc2ccccc12. The third-order valence-electron chi connectivity index (χ3n) is 5.55. The first-order valence-corrected chi connectivity index (χ1v) is 8.18. The van der Waals surface area contributed by atoms with Crippen LogP contribution < -0.4 is 5.32 Å². The molecular formula is C20H14N2O3. The molecule has 1 spiro atoms. The second kappa shape index (κ2) is 4.66. The number of amides is 1. The number of carbonyl (C=O) groups excluding carboxylic acids is 1. The lowest BCUT2D eigenvalue weighted by atomic mass is 9.90. The minimum Gasteiger partial charge on any atom is -0.325 e. The number of carbonyl (C=O) groups is 1. The summed E-state index contributed by atoms with van der Waals surface area (Å²) in [4.78, 5) is 24.4. The van der Waals surface area contributed by atoms with Crippen LogP contribution in [0.2, 0.25) is 0 Å². The molecule has 1 aliphatic heterocycles. The Labute approximate surface area is 143 Å². The van der Waals surface area contributed by atoms with Crippen molar-refractivity contribution in [3.8, 4) is 0 Å². The fourth-order valence-electron chi connectivity index (χ4n) is 4.50. The second-order valence-corrected chi connectivity index (χ2v) is 6.64. The van der Waals surface area contributed by atoms with Crippen molar-refractivity contribution in [2.45, 2.75) is 17.4 Å². The zero-order valence-corrected chi connectivity index (χ0v) is 13.2. The van der Waals surface area contributed by atoms with Crippen molar-refractivity contribution in [1.82, 2.24) is 0 Å². The Kier molecular flexibility index (Phi) is 2.64. The van der Waals surface area contributed by atoms with E-state index in [4.69, 9.17) is 0 Å². The van der Waals surface area contributed by atoms with Crippen molar-refractivity contribution in [3.63, 3.8) is 0 Å². The molecule has 5 nitrogen and oxygen atoms in total. The van der Waals surface area contributed by atoms with Gasteiger partial charge < -0.3 is 5.32 Å². The predicted octanol–water partition coefficient (Wildman–Crippen LogP) is 3.47. The molecule has 1 fully saturated rings. The minimum absolute atomic E-state index is 0.270. The molecule has 0 unspecified atom stereocenters. The molecule has 0 aromatic heterocycles. The summed E-state index contributed by atoms with van der Waals surface area (Å²) in [6.07, 6.45) is 0. The predicted molar refractivity (Wildman–Crippen MR) is 94.2 cm³/mol. The first-order chi connectivity index (χ1) is 12.2. The number of benzene rings is 3. The lowest BCUT2D eigenvalue weighted by Gasteiger charge is -2.08. The summed E-state index contributed by atoms with van der Waals surface area (Å²) in [6.45, 7) is 0. The quantitative estimate of drug-likeness (QED) is 0.577. The van der Waals surface area contributed by atoms with Gasteiger partial charge >= 0.3 is 0 Å². The van der Waals surface area contributed by atoms with Gasteiger partial charge in [-0.05, 0) is 28.0 Å². The third kappa shape index (κ3) is 1.65. The molecule has 0 radical (unpaired) electrons. The van der Waals surface area contributed by atoms with Gasteiger partial charge in [-0.1, -0.05) is 60.7 Å². The third-order valence-corrected chi connectivity index (χ3v) is 5.55. The van der Waals surface area contributed by atoms with E-state index in [2.05, 4.69) is 5.32 Å². The summed E-state index contributed by atoms with van der Waals surface area (Å²) in [7, 11) is 0. The van der Waals surface area contributed by atoms with E-state index in [1.807, 2.05) is 60.7 Å². The number of rotatable bonds is 2. The summed E-state index contributed by atoms with van der Waals surface area (Å²) in [5, 5.41) is 16.7. The smallest absolute Gasteiger partial charge is 0.243 e. The van der Waals surface area contributed by atoms with E-state index in [0.717, 1.165) is 21.9 Å². The van der Waals surface area contributed by atoms with Gasteiger partial charge in [-0.2, -0.15) is 0 Å². The van der Waals surface area contributed by atoms with Crippen LogP contribution in [-0.2, 0) is 10.2 Å². The van der Waals surface area contributed by atoms with Crippen LogP contribution in [0, 0.1) is 10.1 Å². The van der Waals surface area contributed by atoms with Crippen molar-refractivity contribution in [2.24, 2.45) is 0 Å². The zero-order valence-electron chi connectivity index (χ0n) is 13.2. The Morgan fingerprint density at radius 2 is 1.68 bits per heavy atom. The molecule has 122 valence electrons. The molecule has 1 N–H and O–H groups in total. The molecule has 1 saturated carbocycles. The largest absolute Gasteiger partial charge is 0.325 e. The van der Waals surface area contributed by atoms with Gasteiger partial charge in [0.1, 0.15) is 0 Å². The number of nitro groups is 1. The van der Waals surface area contributed by atoms with Gasteiger partial charge in [0, 0.05) is 10.6 Å². The molecule has 1 aliphatic carbocycles. The first kappa shape index (κ1) is 14.2. The van der Waals surface area contributed by atoms with E-state index in [1.54, 1.807) is 6.07 Å². The Morgan fingerprint density at radius 3 is 2.52 bits per heavy atom. The van der Waals surface area contributed by atoms with Crippen molar-refractivity contribution < 1.29 is 9.72 Å². The summed E-state index contributed by atoms with van der Waals surface area (Å²) in [5.41, 5.74) is 1.18. The van der Waals surface area contributed by atoms with Crippen LogP contribution in [0.4, 0.5) is 5.69 Å². The molecule has 5 heteroatoms. The van der Waals surface area contributed by atoms with Gasteiger partial charge in [0.2, 0.25) is 11.9 Å². The molecule has 0 saturated heterocycles. The normalized spacial score (nSPS) is 26.5. The van der Waals surface area contributed by atoms with E-state index in [1.165, 1.54) is 0 Å². The maximum absolute atomic E-state index is 12.8. The lowest BCUT2D eigenvalue weighted by Crippen LogP contribution is -2.26. The van der Waals surface area contributed by atoms with E-state index < -0.39 is 17.4 Å². The van der Waals surface area contributed by atoms with Crippen LogP contribution in [0.1, 0.15) is 17.0 Å². The summed E-state index contributed by atoms with van der Waals surface area (Å²) >= 11 is 0. The number of anilines is 1. The topological polar surface area (TPSA) is 72.2 Å². The van der Waals surface area contributed by atoms with Gasteiger partial charge in [0.25, 0.3) is 0 Å².